The molecule has 6 aromatic rings. The molecule has 0 spiro atoms. The predicted octanol–water partition coefficient (Wildman–Crippen LogP) is 18.7. The van der Waals surface area contributed by atoms with E-state index in [1.165, 1.54) is 0 Å². The monoisotopic (exact) mass is 1770 g/mol. The number of anilines is 2. The van der Waals surface area contributed by atoms with Gasteiger partial charge in [-0.3, -0.25) is 9.05 Å². The number of nitrogens with zero attached hydrogens (tertiary/aromatic N) is 10. The number of ether oxygens (including phenoxy) is 7. The molecule has 0 radical (unpaired) electrons. The number of phosphoric acid groups is 1. The fraction of sp³-hybridized carbons (Fsp3) is 0.742. The normalized spacial score (nSPS) is 13.0. The number of aliphatic hydroxyl groups is 3. The summed E-state index contributed by atoms with van der Waals surface area (Å²) >= 11 is 0. The molecule has 0 saturated carbocycles. The highest BCUT2D eigenvalue weighted by atomic mass is 31.2. The number of hydrogen-bond acceptors (Lipinski definition) is 26. The van der Waals surface area contributed by atoms with Gasteiger partial charge in [-0.25, -0.2) is 43.6 Å². The van der Waals surface area contributed by atoms with Gasteiger partial charge in [-0.15, -0.1) is 12.3 Å². The Morgan fingerprint density at radius 3 is 1.31 bits per heavy atom. The Labute approximate surface area is 732 Å². The van der Waals surface area contributed by atoms with E-state index in [4.69, 9.17) is 88.2 Å². The van der Waals surface area contributed by atoms with E-state index in [0.717, 1.165) is 134 Å². The molecule has 5 atom stereocenters. The Bertz CT molecular complexity index is 3700. The van der Waals surface area contributed by atoms with E-state index in [2.05, 4.69) is 177 Å². The van der Waals surface area contributed by atoms with Crippen LogP contribution in [0.5, 0.6) is 11.5 Å². The molecule has 29 nitrogen and oxygen atoms in total. The maximum atomic E-state index is 11.8. The Morgan fingerprint density at radius 1 is 0.529 bits per heavy atom. The molecular weight excluding hydrogens is 1600 g/mol. The molecule has 0 aliphatic rings. The Hall–Kier alpha value is -5.14. The fourth-order valence-corrected chi connectivity index (χ4v) is 16.9. The average molecular weight is 1770 g/mol. The summed E-state index contributed by atoms with van der Waals surface area (Å²) in [6.07, 6.45) is 15.2. The van der Waals surface area contributed by atoms with Crippen LogP contribution in [0.15, 0.2) is 36.4 Å². The Morgan fingerprint density at radius 2 is 0.942 bits per heavy atom. The molecule has 0 aliphatic carbocycles. The minimum atomic E-state index is -4.05. The number of fused-ring (bicyclic) bond motifs is 6. The first-order valence-corrected chi connectivity index (χ1v) is 47.2. The van der Waals surface area contributed by atoms with Crippen LogP contribution in [0.2, 0.25) is 0 Å². The Kier molecular flexibility index (Phi) is 67.3. The minimum Gasteiger partial charge on any atom is -0.491 e. The summed E-state index contributed by atoms with van der Waals surface area (Å²) in [5.41, 5.74) is 17.4. The molecule has 2 unspecified atom stereocenters. The molecular formula is C89H166N13O16P3. The van der Waals surface area contributed by atoms with E-state index in [1.807, 2.05) is 68.7 Å². The number of rotatable bonds is 56. The molecule has 32 heteroatoms. The summed E-state index contributed by atoms with van der Waals surface area (Å²) in [6, 6.07) is 16.3. The molecule has 9 N–H and O–H groups in total. The van der Waals surface area contributed by atoms with Gasteiger partial charge in [-0.2, -0.15) is 5.26 Å². The van der Waals surface area contributed by atoms with Gasteiger partial charge in [0.05, 0.1) is 127 Å². The number of unbranched alkanes of at least 4 members (excludes halogenated alkanes) is 2. The smallest absolute Gasteiger partial charge is 0.472 e. The fourth-order valence-electron chi connectivity index (χ4n) is 11.9. The van der Waals surface area contributed by atoms with Crippen molar-refractivity contribution in [1.29, 1.82) is 5.26 Å². The van der Waals surface area contributed by atoms with Gasteiger partial charge in [-0.1, -0.05) is 109 Å². The van der Waals surface area contributed by atoms with Gasteiger partial charge in [0.15, 0.2) is 28.5 Å². The second-order valence-corrected chi connectivity index (χ2v) is 35.3. The number of terminal acetylenes is 1. The molecule has 0 saturated heterocycles. The summed E-state index contributed by atoms with van der Waals surface area (Å²) in [7, 11) is -5.69. The van der Waals surface area contributed by atoms with Crippen LogP contribution in [0.4, 0.5) is 11.6 Å². The number of nitrogen functional groups attached to an aromatic ring is 2. The minimum absolute atomic E-state index is 0. The zero-order valence-electron chi connectivity index (χ0n) is 77.0. The van der Waals surface area contributed by atoms with Crippen molar-refractivity contribution in [2.45, 2.75) is 294 Å². The summed E-state index contributed by atoms with van der Waals surface area (Å²) in [5, 5.41) is 40.7. The topological polar surface area (TPSA) is 359 Å². The van der Waals surface area contributed by atoms with Crippen molar-refractivity contribution in [2.75, 3.05) is 137 Å². The number of nitrogens with one attached hydrogen (secondary N) is 1. The first kappa shape index (κ1) is 118. The quantitative estimate of drug-likeness (QED) is 0.00807. The van der Waals surface area contributed by atoms with E-state index < -0.39 is 24.7 Å². The van der Waals surface area contributed by atoms with Gasteiger partial charge in [0, 0.05) is 98.3 Å². The molecule has 0 bridgehead atoms. The number of pyridine rings is 2. The first-order chi connectivity index (χ1) is 56.9. The lowest BCUT2D eigenvalue weighted by molar-refractivity contribution is 0.0219. The molecule has 0 amide bonds. The third-order valence-electron chi connectivity index (χ3n) is 18.4. The summed E-state index contributed by atoms with van der Waals surface area (Å²) in [4.78, 5) is 28.4. The van der Waals surface area contributed by atoms with Crippen molar-refractivity contribution < 1.29 is 76.0 Å². The molecule has 4 aromatic heterocycles. The lowest BCUT2D eigenvalue weighted by atomic mass is 10.1. The maximum absolute atomic E-state index is 11.8. The average Bonchev–Trinajstić information content (AvgIpc) is 1.62. The zero-order chi connectivity index (χ0) is 89.4. The predicted molar refractivity (Wildman–Crippen MR) is 502 cm³/mol. The molecule has 4 heterocycles. The molecule has 0 fully saturated rings. The lowest BCUT2D eigenvalue weighted by Gasteiger charge is -2.45. The number of nitriles is 1. The van der Waals surface area contributed by atoms with Crippen molar-refractivity contribution >= 4 is 80.2 Å². The van der Waals surface area contributed by atoms with Gasteiger partial charge in [0.1, 0.15) is 54.1 Å². The van der Waals surface area contributed by atoms with Crippen LogP contribution in [0, 0.1) is 41.4 Å². The standard InChI is InChI=1S/C27H43N4O8P.C23H34N4O4.C15H32N3OP.C14H33N2O2P.C5H12O.C3H4.2CH4/c1-4-6-7-24-30-25-26(31(24)10-11-32)22-9-8-21(18-23(22)29-27(25)28)37-16-14-35-12-13-36-15-17-38-40(33,34)39-19-20(3)5-2;1-3-5-6-20-26-21-22(27(20)9-4-2)18-8-7-17(16-19(18)25-23(21)24)31-15-14-30-13-12-29-11-10-28;1-12(2)17(13(3)4)20(19-11-9-10-16)18(14(5)6)15(7)8;1-8-14(7)10-18-19(15-11-17-9-2)16(12(3)4)13(5)6;1-3-5(2)4-6;1-3-2;;/h8-9,18,20,32H,4-7,10-17,19H2,1-3H3,(H2,28,29)(H,33,34);7-8,16,28H,3-6,9-15H2,1-2H3,(H2,24,25);12-15H,9,11H2,1-8H3;12-15H,8-11H2,1-7H3;5-6H,3-4H2,1-2H3;1H,2H3;2*1H4/t20-;;;14-,19?;5-;;;/m1..11.../s1. The summed E-state index contributed by atoms with van der Waals surface area (Å²) in [5.74, 6) is 7.68. The van der Waals surface area contributed by atoms with Crippen molar-refractivity contribution in [2.24, 2.45) is 17.8 Å². The van der Waals surface area contributed by atoms with E-state index in [-0.39, 0.29) is 53.8 Å². The second-order valence-electron chi connectivity index (χ2n) is 30.6. The van der Waals surface area contributed by atoms with Gasteiger partial charge in [0.25, 0.3) is 0 Å². The number of phosphoric ester groups is 1. The number of aryl methyl sites for hydroxylation is 3. The highest BCUT2D eigenvalue weighted by Crippen LogP contribution is 2.51. The van der Waals surface area contributed by atoms with Gasteiger partial charge in [-0.05, 0) is 158 Å². The van der Waals surface area contributed by atoms with Crippen LogP contribution in [-0.4, -0.2) is 225 Å². The van der Waals surface area contributed by atoms with Gasteiger partial charge < -0.3 is 83.0 Å². The maximum Gasteiger partial charge on any atom is 0.472 e. The highest BCUT2D eigenvalue weighted by molar-refractivity contribution is 7.48. The highest BCUT2D eigenvalue weighted by Gasteiger charge is 2.35. The van der Waals surface area contributed by atoms with Crippen LogP contribution in [0.25, 0.3) is 43.9 Å². The van der Waals surface area contributed by atoms with Crippen LogP contribution >= 0.6 is 24.7 Å². The van der Waals surface area contributed by atoms with Crippen LogP contribution < -0.4 is 26.0 Å². The molecule has 698 valence electrons. The van der Waals surface area contributed by atoms with Crippen molar-refractivity contribution in [3.8, 4) is 29.9 Å². The van der Waals surface area contributed by atoms with Crippen molar-refractivity contribution in [3.05, 3.63) is 48.0 Å². The number of aliphatic hydroxyl groups excluding tert-OH is 3. The first-order valence-electron chi connectivity index (χ1n) is 43.3. The Balaban J connectivity index is 0. The number of benzene rings is 2. The number of nitrogens with two attached hydrogens (primary N) is 2. The lowest BCUT2D eigenvalue weighted by Crippen LogP contribution is -2.43. The van der Waals surface area contributed by atoms with Crippen LogP contribution in [0.3, 0.4) is 0 Å². The van der Waals surface area contributed by atoms with Gasteiger partial charge >= 0.3 is 7.82 Å². The van der Waals surface area contributed by atoms with E-state index in [9.17, 15) is 14.6 Å². The van der Waals surface area contributed by atoms with Crippen LogP contribution in [-0.2, 0) is 72.3 Å². The molecule has 6 rings (SSSR count). The van der Waals surface area contributed by atoms with E-state index in [1.54, 1.807) is 6.92 Å². The second kappa shape index (κ2) is 69.0. The summed E-state index contributed by atoms with van der Waals surface area (Å²) in [6.45, 7) is 57.2. The van der Waals surface area contributed by atoms with Gasteiger partial charge in [0.2, 0.25) is 0 Å². The van der Waals surface area contributed by atoms with Crippen molar-refractivity contribution in [3.63, 3.8) is 0 Å². The molecule has 2 aromatic carbocycles. The summed E-state index contributed by atoms with van der Waals surface area (Å²) < 4.78 is 84.1. The van der Waals surface area contributed by atoms with Crippen molar-refractivity contribution in [1.82, 2.24) is 48.2 Å². The zero-order valence-corrected chi connectivity index (χ0v) is 79.7. The largest absolute Gasteiger partial charge is 0.491 e. The third-order valence-corrected chi connectivity index (χ3v) is 24.5. The molecule has 121 heavy (non-hydrogen) atoms. The SMILES string of the molecule is C.C.C#CC.CC(C)N(C(C)C)P(OCCC#N)N(C(C)C)C(C)C.CCCCc1nc2c(N)nc3cc(OCCOCCOCCO)ccc3c2n1CCC.CCCCc1nc2c(N)nc3cc(OCCOCCOCCOP(=O)(O)OC[C@H](C)CC)ccc3c2n1CCO.CCOCNP(OC[C@H](C)CC)N(C(C)C)C(C)C.CC[C@@H](C)CO. The number of hydrogen-bond donors (Lipinski definition) is 7. The number of imidazole rings is 2. The third kappa shape index (κ3) is 45.2. The van der Waals surface area contributed by atoms with E-state index in [0.29, 0.717) is 169 Å². The van der Waals surface area contributed by atoms with E-state index >= 15 is 0 Å². The number of aromatic nitrogens is 6. The van der Waals surface area contributed by atoms with Crippen LogP contribution in [0.1, 0.15) is 244 Å². The molecule has 0 aliphatic heterocycles.